The molecular formula is C19H25NOS. The minimum absolute atomic E-state index is 0.646. The summed E-state index contributed by atoms with van der Waals surface area (Å²) in [5.41, 5.74) is 3.03. The second-order valence-corrected chi connectivity index (χ2v) is 7.28. The lowest BCUT2D eigenvalue weighted by molar-refractivity contribution is 0.301. The van der Waals surface area contributed by atoms with E-state index in [9.17, 15) is 0 Å². The Hall–Kier alpha value is -1.32. The highest BCUT2D eigenvalue weighted by atomic mass is 32.1. The van der Waals surface area contributed by atoms with Crippen LogP contribution in [0.2, 0.25) is 0 Å². The topological polar surface area (TPSA) is 12.5 Å². The molecule has 0 radical (unpaired) electrons. The highest BCUT2D eigenvalue weighted by Gasteiger charge is 2.22. The van der Waals surface area contributed by atoms with Crippen LogP contribution in [-0.2, 0) is 12.8 Å². The van der Waals surface area contributed by atoms with Gasteiger partial charge in [0.2, 0.25) is 0 Å². The van der Waals surface area contributed by atoms with Crippen molar-refractivity contribution in [2.45, 2.75) is 31.6 Å². The minimum atomic E-state index is 0.646. The number of thiophene rings is 1. The first kappa shape index (κ1) is 15.6. The summed E-state index contributed by atoms with van der Waals surface area (Å²) in [5.74, 6) is 1.64. The van der Waals surface area contributed by atoms with Gasteiger partial charge < -0.3 is 9.64 Å². The van der Waals surface area contributed by atoms with E-state index >= 15 is 0 Å². The van der Waals surface area contributed by atoms with Gasteiger partial charge in [0.15, 0.2) is 0 Å². The van der Waals surface area contributed by atoms with Crippen molar-refractivity contribution in [1.29, 1.82) is 0 Å². The fourth-order valence-corrected chi connectivity index (χ4v) is 4.11. The third-order valence-electron chi connectivity index (χ3n) is 4.64. The van der Waals surface area contributed by atoms with E-state index in [4.69, 9.17) is 4.74 Å². The Morgan fingerprint density at radius 3 is 3.00 bits per heavy atom. The highest BCUT2D eigenvalue weighted by molar-refractivity contribution is 7.09. The molecule has 1 heterocycles. The first-order chi connectivity index (χ1) is 10.8. The van der Waals surface area contributed by atoms with Crippen molar-refractivity contribution in [3.05, 3.63) is 51.7 Å². The number of ether oxygens (including phenoxy) is 1. The van der Waals surface area contributed by atoms with Gasteiger partial charge in [-0.1, -0.05) is 12.1 Å². The SMILES string of the molecule is COc1ccc2c(c1)C(CN(C)CCc1cccs1)CCC2. The summed E-state index contributed by atoms with van der Waals surface area (Å²) >= 11 is 1.86. The third-order valence-corrected chi connectivity index (χ3v) is 5.58. The quantitative estimate of drug-likeness (QED) is 0.786. The molecular weight excluding hydrogens is 290 g/mol. The number of benzene rings is 1. The summed E-state index contributed by atoms with van der Waals surface area (Å²) in [5, 5.41) is 2.17. The van der Waals surface area contributed by atoms with Crippen LogP contribution >= 0.6 is 11.3 Å². The molecule has 118 valence electrons. The summed E-state index contributed by atoms with van der Waals surface area (Å²) in [6.07, 6.45) is 4.98. The Labute approximate surface area is 137 Å². The Morgan fingerprint density at radius 1 is 1.32 bits per heavy atom. The van der Waals surface area contributed by atoms with Crippen LogP contribution in [0.15, 0.2) is 35.7 Å². The largest absolute Gasteiger partial charge is 0.497 e. The first-order valence-electron chi connectivity index (χ1n) is 8.14. The Bertz CT molecular complexity index is 593. The van der Waals surface area contributed by atoms with Gasteiger partial charge in [0.05, 0.1) is 7.11 Å². The molecule has 2 aromatic rings. The molecule has 22 heavy (non-hydrogen) atoms. The molecule has 3 rings (SSSR count). The number of nitrogens with zero attached hydrogens (tertiary/aromatic N) is 1. The van der Waals surface area contributed by atoms with E-state index in [0.717, 1.165) is 25.3 Å². The Balaban J connectivity index is 1.63. The van der Waals surface area contributed by atoms with Crippen molar-refractivity contribution < 1.29 is 4.74 Å². The van der Waals surface area contributed by atoms with Gasteiger partial charge in [-0.2, -0.15) is 0 Å². The average Bonchev–Trinajstić information content (AvgIpc) is 3.06. The molecule has 0 saturated heterocycles. The number of likely N-dealkylation sites (N-methyl/N-ethyl adjacent to an activating group) is 1. The van der Waals surface area contributed by atoms with E-state index in [1.54, 1.807) is 7.11 Å². The molecule has 0 spiro atoms. The number of aryl methyl sites for hydroxylation is 1. The van der Waals surface area contributed by atoms with Gasteiger partial charge >= 0.3 is 0 Å². The van der Waals surface area contributed by atoms with E-state index in [1.807, 2.05) is 11.3 Å². The lowest BCUT2D eigenvalue weighted by Crippen LogP contribution is -2.28. The van der Waals surface area contributed by atoms with Gasteiger partial charge in [-0.3, -0.25) is 0 Å². The Morgan fingerprint density at radius 2 is 2.23 bits per heavy atom. The van der Waals surface area contributed by atoms with Gasteiger partial charge in [-0.05, 0) is 73.4 Å². The first-order valence-corrected chi connectivity index (χ1v) is 9.02. The smallest absolute Gasteiger partial charge is 0.119 e. The maximum atomic E-state index is 5.42. The van der Waals surface area contributed by atoms with Crippen molar-refractivity contribution in [3.8, 4) is 5.75 Å². The standard InChI is InChI=1S/C19H25NOS/c1-20(11-10-18-7-4-12-22-18)14-16-6-3-5-15-8-9-17(21-2)13-19(15)16/h4,7-9,12-13,16H,3,5-6,10-11,14H2,1-2H3. The summed E-state index contributed by atoms with van der Waals surface area (Å²) < 4.78 is 5.42. The molecule has 0 saturated carbocycles. The second kappa shape index (κ2) is 7.30. The van der Waals surface area contributed by atoms with Crippen LogP contribution in [0.1, 0.15) is 34.8 Å². The zero-order chi connectivity index (χ0) is 15.4. The average molecular weight is 315 g/mol. The molecule has 2 nitrogen and oxygen atoms in total. The molecule has 0 amide bonds. The normalized spacial score (nSPS) is 17.5. The summed E-state index contributed by atoms with van der Waals surface area (Å²) in [6.45, 7) is 2.28. The van der Waals surface area contributed by atoms with Crippen molar-refractivity contribution in [3.63, 3.8) is 0 Å². The lowest BCUT2D eigenvalue weighted by atomic mass is 9.82. The monoisotopic (exact) mass is 315 g/mol. The fourth-order valence-electron chi connectivity index (χ4n) is 3.42. The minimum Gasteiger partial charge on any atom is -0.497 e. The van der Waals surface area contributed by atoms with Crippen molar-refractivity contribution in [2.24, 2.45) is 0 Å². The van der Waals surface area contributed by atoms with Crippen LogP contribution in [0.5, 0.6) is 5.75 Å². The van der Waals surface area contributed by atoms with E-state index in [1.165, 1.54) is 35.3 Å². The molecule has 1 atom stereocenters. The van der Waals surface area contributed by atoms with Crippen LogP contribution in [0.4, 0.5) is 0 Å². The van der Waals surface area contributed by atoms with Crippen LogP contribution in [-0.4, -0.2) is 32.1 Å². The number of methoxy groups -OCH3 is 1. The predicted molar refractivity (Wildman–Crippen MR) is 94.2 cm³/mol. The summed E-state index contributed by atoms with van der Waals surface area (Å²) in [7, 11) is 4.01. The zero-order valence-corrected chi connectivity index (χ0v) is 14.4. The zero-order valence-electron chi connectivity index (χ0n) is 13.5. The molecule has 0 aliphatic heterocycles. The summed E-state index contributed by atoms with van der Waals surface area (Å²) in [6, 6.07) is 11.0. The van der Waals surface area contributed by atoms with E-state index < -0.39 is 0 Å². The molecule has 1 aromatic heterocycles. The third kappa shape index (κ3) is 3.71. The lowest BCUT2D eigenvalue weighted by Gasteiger charge is -2.29. The number of hydrogen-bond donors (Lipinski definition) is 0. The maximum absolute atomic E-state index is 5.42. The number of fused-ring (bicyclic) bond motifs is 1. The number of hydrogen-bond acceptors (Lipinski definition) is 3. The van der Waals surface area contributed by atoms with E-state index in [2.05, 4.69) is 47.7 Å². The van der Waals surface area contributed by atoms with Crippen LogP contribution in [0.3, 0.4) is 0 Å². The molecule has 1 unspecified atom stereocenters. The van der Waals surface area contributed by atoms with Gasteiger partial charge in [0.1, 0.15) is 5.75 Å². The maximum Gasteiger partial charge on any atom is 0.119 e. The van der Waals surface area contributed by atoms with Crippen LogP contribution in [0.25, 0.3) is 0 Å². The number of rotatable bonds is 6. The molecule has 1 aromatic carbocycles. The predicted octanol–water partition coefficient (Wildman–Crippen LogP) is 4.35. The Kier molecular flexibility index (Phi) is 5.16. The van der Waals surface area contributed by atoms with Crippen LogP contribution in [0, 0.1) is 0 Å². The van der Waals surface area contributed by atoms with Crippen molar-refractivity contribution in [1.82, 2.24) is 4.90 Å². The molecule has 1 aliphatic rings. The van der Waals surface area contributed by atoms with Crippen molar-refractivity contribution >= 4 is 11.3 Å². The highest BCUT2D eigenvalue weighted by Crippen LogP contribution is 2.34. The van der Waals surface area contributed by atoms with Crippen LogP contribution < -0.4 is 4.74 Å². The molecule has 0 N–H and O–H groups in total. The van der Waals surface area contributed by atoms with E-state index in [-0.39, 0.29) is 0 Å². The molecule has 3 heteroatoms. The molecule has 0 fully saturated rings. The van der Waals surface area contributed by atoms with Gasteiger partial charge in [-0.25, -0.2) is 0 Å². The second-order valence-electron chi connectivity index (χ2n) is 6.25. The molecule has 0 bridgehead atoms. The van der Waals surface area contributed by atoms with E-state index in [0.29, 0.717) is 5.92 Å². The molecule has 1 aliphatic carbocycles. The van der Waals surface area contributed by atoms with Gasteiger partial charge in [-0.15, -0.1) is 11.3 Å². The fraction of sp³-hybridized carbons (Fsp3) is 0.474. The van der Waals surface area contributed by atoms with Crippen molar-refractivity contribution in [2.75, 3.05) is 27.2 Å². The van der Waals surface area contributed by atoms with Gasteiger partial charge in [0, 0.05) is 18.0 Å². The summed E-state index contributed by atoms with van der Waals surface area (Å²) in [4.78, 5) is 3.97. The van der Waals surface area contributed by atoms with Gasteiger partial charge in [0.25, 0.3) is 0 Å².